The highest BCUT2D eigenvalue weighted by Gasteiger charge is 2.11. The fraction of sp³-hybridized carbons (Fsp3) is 0.263. The van der Waals surface area contributed by atoms with Crippen molar-refractivity contribution in [2.45, 2.75) is 6.42 Å². The number of para-hydroxylation sites is 1. The summed E-state index contributed by atoms with van der Waals surface area (Å²) in [6.45, 7) is 0.596. The van der Waals surface area contributed by atoms with E-state index in [1.54, 1.807) is 31.4 Å². The second-order valence-corrected chi connectivity index (χ2v) is 5.34. The summed E-state index contributed by atoms with van der Waals surface area (Å²) in [4.78, 5) is 23.7. The van der Waals surface area contributed by atoms with Crippen LogP contribution in [-0.2, 0) is 16.0 Å². The molecule has 0 unspecified atom stereocenters. The Hall–Kier alpha value is -3.02. The van der Waals surface area contributed by atoms with Crippen LogP contribution >= 0.6 is 0 Å². The van der Waals surface area contributed by atoms with E-state index < -0.39 is 5.97 Å². The van der Waals surface area contributed by atoms with Crippen molar-refractivity contribution in [3.05, 3.63) is 59.7 Å². The number of ether oxygens (including phenoxy) is 2. The molecule has 6 nitrogen and oxygen atoms in total. The Labute approximate surface area is 147 Å². The van der Waals surface area contributed by atoms with Crippen molar-refractivity contribution >= 4 is 17.6 Å². The fourth-order valence-electron chi connectivity index (χ4n) is 2.34. The Morgan fingerprint density at radius 2 is 1.84 bits per heavy atom. The number of methoxy groups -OCH3 is 2. The quantitative estimate of drug-likeness (QED) is 0.720. The van der Waals surface area contributed by atoms with Crippen LogP contribution in [0.25, 0.3) is 0 Å². The summed E-state index contributed by atoms with van der Waals surface area (Å²) in [5.41, 5.74) is 2.05. The molecular formula is C19H22N2O4. The zero-order chi connectivity index (χ0) is 18.1. The molecule has 2 aromatic rings. The normalized spacial score (nSPS) is 10.0. The van der Waals surface area contributed by atoms with Crippen LogP contribution in [0.15, 0.2) is 48.5 Å². The van der Waals surface area contributed by atoms with E-state index in [1.165, 1.54) is 7.11 Å². The number of nitrogens with one attached hydrogen (secondary N) is 2. The molecule has 1 amide bonds. The molecule has 0 aliphatic rings. The van der Waals surface area contributed by atoms with E-state index in [2.05, 4.69) is 10.6 Å². The van der Waals surface area contributed by atoms with Crippen LogP contribution in [-0.4, -0.2) is 39.2 Å². The van der Waals surface area contributed by atoms with E-state index in [0.29, 0.717) is 24.2 Å². The highest BCUT2D eigenvalue weighted by atomic mass is 16.5. The molecule has 0 aliphatic carbocycles. The number of carbonyl (C=O) groups excluding carboxylic acids is 2. The number of benzene rings is 2. The molecule has 2 rings (SSSR count). The lowest BCUT2D eigenvalue weighted by atomic mass is 10.1. The molecule has 0 atom stereocenters. The van der Waals surface area contributed by atoms with Gasteiger partial charge < -0.3 is 20.1 Å². The topological polar surface area (TPSA) is 76.7 Å². The molecule has 6 heteroatoms. The Morgan fingerprint density at radius 1 is 1.04 bits per heavy atom. The Morgan fingerprint density at radius 3 is 2.60 bits per heavy atom. The average molecular weight is 342 g/mol. The molecule has 0 saturated heterocycles. The van der Waals surface area contributed by atoms with Crippen molar-refractivity contribution in [1.82, 2.24) is 5.32 Å². The van der Waals surface area contributed by atoms with Crippen LogP contribution in [0.4, 0.5) is 5.69 Å². The van der Waals surface area contributed by atoms with E-state index in [1.807, 2.05) is 24.3 Å². The second-order valence-electron chi connectivity index (χ2n) is 5.34. The minimum absolute atomic E-state index is 0.0755. The third-order valence-corrected chi connectivity index (χ3v) is 3.64. The lowest BCUT2D eigenvalue weighted by molar-refractivity contribution is -0.119. The van der Waals surface area contributed by atoms with Gasteiger partial charge in [-0.05, 0) is 36.2 Å². The molecule has 0 fully saturated rings. The maximum absolute atomic E-state index is 12.0. The zero-order valence-electron chi connectivity index (χ0n) is 14.4. The van der Waals surface area contributed by atoms with Gasteiger partial charge in [0.05, 0.1) is 26.3 Å². The first-order valence-corrected chi connectivity index (χ1v) is 7.95. The first-order valence-electron chi connectivity index (χ1n) is 7.95. The summed E-state index contributed by atoms with van der Waals surface area (Å²) in [6, 6.07) is 14.6. The highest BCUT2D eigenvalue weighted by Crippen LogP contribution is 2.15. The van der Waals surface area contributed by atoms with E-state index in [-0.39, 0.29) is 12.5 Å². The largest absolute Gasteiger partial charge is 0.497 e. The van der Waals surface area contributed by atoms with Gasteiger partial charge in [-0.2, -0.15) is 0 Å². The summed E-state index contributed by atoms with van der Waals surface area (Å²) < 4.78 is 9.90. The molecule has 2 N–H and O–H groups in total. The van der Waals surface area contributed by atoms with Gasteiger partial charge >= 0.3 is 5.97 Å². The number of carbonyl (C=O) groups is 2. The van der Waals surface area contributed by atoms with Gasteiger partial charge in [0.25, 0.3) is 0 Å². The van der Waals surface area contributed by atoms with Crippen LogP contribution in [0, 0.1) is 0 Å². The molecule has 0 saturated carbocycles. The molecular weight excluding hydrogens is 320 g/mol. The molecule has 0 radical (unpaired) electrons. The monoisotopic (exact) mass is 342 g/mol. The molecule has 0 aromatic heterocycles. The number of esters is 1. The summed E-state index contributed by atoms with van der Waals surface area (Å²) >= 11 is 0. The lowest BCUT2D eigenvalue weighted by Crippen LogP contribution is -2.31. The number of rotatable bonds is 8. The zero-order valence-corrected chi connectivity index (χ0v) is 14.4. The maximum Gasteiger partial charge on any atom is 0.339 e. The van der Waals surface area contributed by atoms with Gasteiger partial charge in [-0.15, -0.1) is 0 Å². The Balaban J connectivity index is 1.80. The second kappa shape index (κ2) is 9.32. The third-order valence-electron chi connectivity index (χ3n) is 3.64. The van der Waals surface area contributed by atoms with Gasteiger partial charge in [0.2, 0.25) is 5.91 Å². The number of hydrogen-bond donors (Lipinski definition) is 2. The van der Waals surface area contributed by atoms with Crippen LogP contribution in [0.1, 0.15) is 15.9 Å². The predicted octanol–water partition coefficient (Wildman–Crippen LogP) is 2.25. The first-order chi connectivity index (χ1) is 12.1. The third kappa shape index (κ3) is 5.53. The van der Waals surface area contributed by atoms with Crippen molar-refractivity contribution in [2.24, 2.45) is 0 Å². The Kier molecular flexibility index (Phi) is 6.83. The molecule has 0 heterocycles. The molecule has 0 aliphatic heterocycles. The number of anilines is 1. The minimum Gasteiger partial charge on any atom is -0.497 e. The molecule has 25 heavy (non-hydrogen) atoms. The highest BCUT2D eigenvalue weighted by molar-refractivity contribution is 5.96. The predicted molar refractivity (Wildman–Crippen MR) is 96.0 cm³/mol. The van der Waals surface area contributed by atoms with E-state index in [0.717, 1.165) is 11.3 Å². The maximum atomic E-state index is 12.0. The van der Waals surface area contributed by atoms with Gasteiger partial charge in [0.1, 0.15) is 5.75 Å². The van der Waals surface area contributed by atoms with Crippen LogP contribution in [0.2, 0.25) is 0 Å². The van der Waals surface area contributed by atoms with Gasteiger partial charge in [0, 0.05) is 12.2 Å². The van der Waals surface area contributed by atoms with E-state index >= 15 is 0 Å². The lowest BCUT2D eigenvalue weighted by Gasteiger charge is -2.11. The summed E-state index contributed by atoms with van der Waals surface area (Å²) in [5.74, 6) is 0.203. The Bertz CT molecular complexity index is 731. The van der Waals surface area contributed by atoms with Crippen molar-refractivity contribution in [1.29, 1.82) is 0 Å². The van der Waals surface area contributed by atoms with E-state index in [4.69, 9.17) is 9.47 Å². The molecule has 2 aromatic carbocycles. The summed E-state index contributed by atoms with van der Waals surface area (Å²) in [7, 11) is 2.95. The summed E-state index contributed by atoms with van der Waals surface area (Å²) in [6.07, 6.45) is 0.710. The fourth-order valence-corrected chi connectivity index (χ4v) is 2.34. The standard InChI is InChI=1S/C19H22N2O4/c1-24-15-7-5-6-14(12-15)10-11-20-18(22)13-21-17-9-4-3-8-16(17)19(23)25-2/h3-9,12,21H,10-11,13H2,1-2H3,(H,20,22). The molecule has 0 bridgehead atoms. The smallest absolute Gasteiger partial charge is 0.339 e. The van der Waals surface area contributed by atoms with Gasteiger partial charge in [-0.25, -0.2) is 4.79 Å². The number of amides is 1. The van der Waals surface area contributed by atoms with Crippen LogP contribution in [0.5, 0.6) is 5.75 Å². The molecule has 0 spiro atoms. The van der Waals surface area contributed by atoms with Crippen LogP contribution in [0.3, 0.4) is 0 Å². The van der Waals surface area contributed by atoms with E-state index in [9.17, 15) is 9.59 Å². The van der Waals surface area contributed by atoms with Gasteiger partial charge in [-0.3, -0.25) is 4.79 Å². The van der Waals surface area contributed by atoms with Crippen LogP contribution < -0.4 is 15.4 Å². The summed E-state index contributed by atoms with van der Waals surface area (Å²) in [5, 5.41) is 5.81. The molecule has 132 valence electrons. The van der Waals surface area contributed by atoms with Crippen molar-refractivity contribution in [3.63, 3.8) is 0 Å². The van der Waals surface area contributed by atoms with Crippen molar-refractivity contribution < 1.29 is 19.1 Å². The van der Waals surface area contributed by atoms with Gasteiger partial charge in [0.15, 0.2) is 0 Å². The van der Waals surface area contributed by atoms with Gasteiger partial charge in [-0.1, -0.05) is 24.3 Å². The number of hydrogen-bond acceptors (Lipinski definition) is 5. The SMILES string of the molecule is COC(=O)c1ccccc1NCC(=O)NCCc1cccc(OC)c1. The van der Waals surface area contributed by atoms with Crippen molar-refractivity contribution in [3.8, 4) is 5.75 Å². The van der Waals surface area contributed by atoms with Crippen molar-refractivity contribution in [2.75, 3.05) is 32.6 Å². The average Bonchev–Trinajstić information content (AvgIpc) is 2.66. The minimum atomic E-state index is -0.443. The first kappa shape index (κ1) is 18.3.